The molecule has 0 aromatic heterocycles. The van der Waals surface area contributed by atoms with E-state index in [0.29, 0.717) is 13.2 Å². The Morgan fingerprint density at radius 1 is 1.06 bits per heavy atom. The fourth-order valence-electron chi connectivity index (χ4n) is 2.33. The van der Waals surface area contributed by atoms with Gasteiger partial charge in [0.25, 0.3) is 0 Å². The number of benzene rings is 1. The molecule has 0 atom stereocenters. The highest BCUT2D eigenvalue weighted by molar-refractivity contribution is 9.10. The van der Waals surface area contributed by atoms with Gasteiger partial charge in [0.2, 0.25) is 0 Å². The van der Waals surface area contributed by atoms with Crippen molar-refractivity contribution in [1.82, 2.24) is 0 Å². The maximum Gasteiger partial charge on any atom is 0.186 e. The minimum absolute atomic E-state index is 0.226. The minimum Gasteiger partial charge on any atom is -0.378 e. The molecule has 0 N–H and O–H groups in total. The highest BCUT2D eigenvalue weighted by Crippen LogP contribution is 2.34. The summed E-state index contributed by atoms with van der Waals surface area (Å²) >= 11 is 3.53. The quantitative estimate of drug-likeness (QED) is 0.838. The zero-order valence-corrected chi connectivity index (χ0v) is 11.7. The Labute approximate surface area is 115 Å². The molecular formula is C13H16BrNO3. The van der Waals surface area contributed by atoms with E-state index in [1.807, 2.05) is 6.07 Å². The molecule has 0 spiro atoms. The SMILES string of the molecule is Brc1ccc(C2OCCO2)c(N2CCOCC2)c1. The van der Waals surface area contributed by atoms with Crippen LogP contribution < -0.4 is 4.90 Å². The van der Waals surface area contributed by atoms with Crippen molar-refractivity contribution in [3.05, 3.63) is 28.2 Å². The van der Waals surface area contributed by atoms with Gasteiger partial charge in [0.15, 0.2) is 6.29 Å². The Bertz CT molecular complexity index is 415. The minimum atomic E-state index is -0.226. The van der Waals surface area contributed by atoms with Gasteiger partial charge in [0, 0.05) is 28.8 Å². The molecule has 2 aliphatic rings. The van der Waals surface area contributed by atoms with E-state index >= 15 is 0 Å². The molecule has 3 rings (SSSR count). The van der Waals surface area contributed by atoms with E-state index in [4.69, 9.17) is 14.2 Å². The molecule has 0 bridgehead atoms. The highest BCUT2D eigenvalue weighted by Gasteiger charge is 2.24. The third kappa shape index (κ3) is 2.54. The first kappa shape index (κ1) is 12.4. The first-order valence-electron chi connectivity index (χ1n) is 6.20. The van der Waals surface area contributed by atoms with Crippen LogP contribution in [0, 0.1) is 0 Å². The molecule has 2 heterocycles. The van der Waals surface area contributed by atoms with Crippen LogP contribution in [0.5, 0.6) is 0 Å². The Morgan fingerprint density at radius 3 is 2.50 bits per heavy atom. The molecule has 98 valence electrons. The van der Waals surface area contributed by atoms with E-state index in [-0.39, 0.29) is 6.29 Å². The molecule has 0 saturated carbocycles. The normalized spacial score (nSPS) is 21.5. The highest BCUT2D eigenvalue weighted by atomic mass is 79.9. The molecule has 1 aromatic carbocycles. The van der Waals surface area contributed by atoms with E-state index in [1.165, 1.54) is 5.69 Å². The Kier molecular flexibility index (Phi) is 3.84. The Hall–Kier alpha value is -0.620. The lowest BCUT2D eigenvalue weighted by atomic mass is 10.1. The number of hydrogen-bond acceptors (Lipinski definition) is 4. The van der Waals surface area contributed by atoms with Gasteiger partial charge in [-0.2, -0.15) is 0 Å². The smallest absolute Gasteiger partial charge is 0.186 e. The first-order chi connectivity index (χ1) is 8.84. The number of hydrogen-bond donors (Lipinski definition) is 0. The number of ether oxygens (including phenoxy) is 3. The van der Waals surface area contributed by atoms with Gasteiger partial charge in [-0.15, -0.1) is 0 Å². The second kappa shape index (κ2) is 5.57. The molecule has 5 heteroatoms. The topological polar surface area (TPSA) is 30.9 Å². The monoisotopic (exact) mass is 313 g/mol. The summed E-state index contributed by atoms with van der Waals surface area (Å²) in [6.07, 6.45) is -0.226. The maximum atomic E-state index is 5.61. The molecule has 4 nitrogen and oxygen atoms in total. The van der Waals surface area contributed by atoms with Crippen LogP contribution in [0.1, 0.15) is 11.9 Å². The standard InChI is InChI=1S/C13H16BrNO3/c14-10-1-2-11(13-17-7-8-18-13)12(9-10)15-3-5-16-6-4-15/h1-2,9,13H,3-8H2. The van der Waals surface area contributed by atoms with Gasteiger partial charge >= 0.3 is 0 Å². The number of halogens is 1. The molecule has 2 aliphatic heterocycles. The van der Waals surface area contributed by atoms with Crippen molar-refractivity contribution < 1.29 is 14.2 Å². The van der Waals surface area contributed by atoms with Crippen LogP contribution in [0.25, 0.3) is 0 Å². The predicted molar refractivity (Wildman–Crippen MR) is 71.8 cm³/mol. The van der Waals surface area contributed by atoms with Crippen LogP contribution >= 0.6 is 15.9 Å². The number of morpholine rings is 1. The average molecular weight is 314 g/mol. The molecule has 0 amide bonds. The average Bonchev–Trinajstić information content (AvgIpc) is 2.93. The van der Waals surface area contributed by atoms with Crippen molar-refractivity contribution >= 4 is 21.6 Å². The molecule has 2 fully saturated rings. The lowest BCUT2D eigenvalue weighted by Gasteiger charge is -2.31. The summed E-state index contributed by atoms with van der Waals surface area (Å²) in [5.41, 5.74) is 2.29. The molecule has 1 aromatic rings. The second-order valence-electron chi connectivity index (χ2n) is 4.38. The first-order valence-corrected chi connectivity index (χ1v) is 6.99. The summed E-state index contributed by atoms with van der Waals surface area (Å²) in [4.78, 5) is 2.33. The van der Waals surface area contributed by atoms with E-state index < -0.39 is 0 Å². The Morgan fingerprint density at radius 2 is 1.78 bits per heavy atom. The van der Waals surface area contributed by atoms with Gasteiger partial charge in [-0.1, -0.05) is 22.0 Å². The zero-order valence-electron chi connectivity index (χ0n) is 10.1. The van der Waals surface area contributed by atoms with Crippen LogP contribution in [0.15, 0.2) is 22.7 Å². The summed E-state index contributed by atoms with van der Waals surface area (Å²) in [5, 5.41) is 0. The zero-order chi connectivity index (χ0) is 12.4. The molecule has 0 radical (unpaired) electrons. The lowest BCUT2D eigenvalue weighted by molar-refractivity contribution is -0.0438. The van der Waals surface area contributed by atoms with Gasteiger partial charge in [-0.3, -0.25) is 0 Å². The van der Waals surface area contributed by atoms with Crippen LogP contribution in [-0.4, -0.2) is 39.5 Å². The second-order valence-corrected chi connectivity index (χ2v) is 5.29. The van der Waals surface area contributed by atoms with Crippen molar-refractivity contribution in [3.8, 4) is 0 Å². The van der Waals surface area contributed by atoms with Crippen molar-refractivity contribution in [3.63, 3.8) is 0 Å². The molecule has 0 aliphatic carbocycles. The van der Waals surface area contributed by atoms with Crippen molar-refractivity contribution in [2.24, 2.45) is 0 Å². The van der Waals surface area contributed by atoms with E-state index in [0.717, 1.165) is 36.3 Å². The van der Waals surface area contributed by atoms with Crippen molar-refractivity contribution in [2.45, 2.75) is 6.29 Å². The third-order valence-corrected chi connectivity index (χ3v) is 3.71. The number of nitrogens with zero attached hydrogens (tertiary/aromatic N) is 1. The van der Waals surface area contributed by atoms with E-state index in [1.54, 1.807) is 0 Å². The fourth-order valence-corrected chi connectivity index (χ4v) is 2.68. The van der Waals surface area contributed by atoms with Crippen LogP contribution in [0.4, 0.5) is 5.69 Å². The van der Waals surface area contributed by atoms with Gasteiger partial charge in [0.1, 0.15) is 0 Å². The van der Waals surface area contributed by atoms with Crippen LogP contribution in [0.3, 0.4) is 0 Å². The van der Waals surface area contributed by atoms with Gasteiger partial charge in [0.05, 0.1) is 26.4 Å². The summed E-state index contributed by atoms with van der Waals surface area (Å²) in [5.74, 6) is 0. The summed E-state index contributed by atoms with van der Waals surface area (Å²) in [7, 11) is 0. The third-order valence-electron chi connectivity index (χ3n) is 3.22. The molecule has 18 heavy (non-hydrogen) atoms. The predicted octanol–water partition coefficient (Wildman–Crippen LogP) is 2.33. The maximum absolute atomic E-state index is 5.61. The van der Waals surface area contributed by atoms with Gasteiger partial charge < -0.3 is 19.1 Å². The van der Waals surface area contributed by atoms with E-state index in [2.05, 4.69) is 33.0 Å². The number of rotatable bonds is 2. The molecular weight excluding hydrogens is 298 g/mol. The summed E-state index contributed by atoms with van der Waals surface area (Å²) < 4.78 is 17.7. The van der Waals surface area contributed by atoms with Gasteiger partial charge in [-0.25, -0.2) is 0 Å². The van der Waals surface area contributed by atoms with E-state index in [9.17, 15) is 0 Å². The van der Waals surface area contributed by atoms with Crippen molar-refractivity contribution in [2.75, 3.05) is 44.4 Å². The summed E-state index contributed by atoms with van der Waals surface area (Å²) in [6.45, 7) is 4.72. The van der Waals surface area contributed by atoms with Crippen LogP contribution in [-0.2, 0) is 14.2 Å². The number of anilines is 1. The molecule has 0 unspecified atom stereocenters. The van der Waals surface area contributed by atoms with Gasteiger partial charge in [-0.05, 0) is 12.1 Å². The lowest BCUT2D eigenvalue weighted by Crippen LogP contribution is -2.37. The van der Waals surface area contributed by atoms with Crippen molar-refractivity contribution in [1.29, 1.82) is 0 Å². The largest absolute Gasteiger partial charge is 0.378 e. The summed E-state index contributed by atoms with van der Waals surface area (Å²) in [6, 6.07) is 6.24. The molecule has 2 saturated heterocycles. The fraction of sp³-hybridized carbons (Fsp3) is 0.538. The Balaban J connectivity index is 1.91. The van der Waals surface area contributed by atoms with Crippen LogP contribution in [0.2, 0.25) is 0 Å².